The summed E-state index contributed by atoms with van der Waals surface area (Å²) in [5, 5.41) is 11.1. The topological polar surface area (TPSA) is 20.2 Å². The lowest BCUT2D eigenvalue weighted by atomic mass is 9.88. The van der Waals surface area contributed by atoms with Gasteiger partial charge in [-0.05, 0) is 37.1 Å². The van der Waals surface area contributed by atoms with Crippen LogP contribution in [0.4, 0.5) is 4.39 Å². The third-order valence-corrected chi connectivity index (χ3v) is 3.55. The molecule has 0 aliphatic rings. The molecule has 1 unspecified atom stereocenters. The predicted octanol–water partition coefficient (Wildman–Crippen LogP) is 4.24. The Morgan fingerprint density at radius 1 is 1.21 bits per heavy atom. The molecule has 2 rings (SSSR count). The Hall–Kier alpha value is -1.38. The van der Waals surface area contributed by atoms with Crippen molar-refractivity contribution < 1.29 is 9.50 Å². The second-order valence-electron chi connectivity index (χ2n) is 5.03. The van der Waals surface area contributed by atoms with Gasteiger partial charge in [0.1, 0.15) is 5.82 Å². The molecule has 2 aromatic rings. The minimum Gasteiger partial charge on any atom is -0.385 e. The third kappa shape index (κ3) is 3.14. The van der Waals surface area contributed by atoms with E-state index in [2.05, 4.69) is 0 Å². The van der Waals surface area contributed by atoms with Crippen molar-refractivity contribution in [1.82, 2.24) is 0 Å². The SMILES string of the molecule is Cc1ccc(CC(C)(O)c2ccccc2F)c(Cl)c1. The number of aliphatic hydroxyl groups is 1. The third-order valence-electron chi connectivity index (χ3n) is 3.20. The van der Waals surface area contributed by atoms with E-state index in [4.69, 9.17) is 11.6 Å². The quantitative estimate of drug-likeness (QED) is 0.890. The second kappa shape index (κ2) is 5.32. The molecule has 0 aromatic heterocycles. The molecule has 2 aromatic carbocycles. The molecule has 1 nitrogen and oxygen atoms in total. The lowest BCUT2D eigenvalue weighted by Crippen LogP contribution is -2.25. The van der Waals surface area contributed by atoms with Gasteiger partial charge < -0.3 is 5.11 Å². The van der Waals surface area contributed by atoms with Crippen molar-refractivity contribution in [1.29, 1.82) is 0 Å². The largest absolute Gasteiger partial charge is 0.385 e. The fourth-order valence-corrected chi connectivity index (χ4v) is 2.46. The number of halogens is 2. The molecular formula is C16H16ClFO. The maximum Gasteiger partial charge on any atom is 0.129 e. The molecule has 1 N–H and O–H groups in total. The average molecular weight is 279 g/mol. The molecule has 0 aliphatic heterocycles. The molecule has 0 radical (unpaired) electrons. The van der Waals surface area contributed by atoms with Gasteiger partial charge in [0.05, 0.1) is 5.60 Å². The van der Waals surface area contributed by atoms with Crippen molar-refractivity contribution in [3.05, 3.63) is 70.0 Å². The number of aryl methyl sites for hydroxylation is 1. The van der Waals surface area contributed by atoms with E-state index < -0.39 is 11.4 Å². The zero-order chi connectivity index (χ0) is 14.0. The predicted molar refractivity (Wildman–Crippen MR) is 75.9 cm³/mol. The van der Waals surface area contributed by atoms with Crippen molar-refractivity contribution in [3.8, 4) is 0 Å². The van der Waals surface area contributed by atoms with Crippen molar-refractivity contribution >= 4 is 11.6 Å². The lowest BCUT2D eigenvalue weighted by molar-refractivity contribution is 0.0538. The Morgan fingerprint density at radius 2 is 1.89 bits per heavy atom. The number of hydrogen-bond donors (Lipinski definition) is 1. The van der Waals surface area contributed by atoms with Crippen LogP contribution in [0.5, 0.6) is 0 Å². The van der Waals surface area contributed by atoms with E-state index in [0.717, 1.165) is 11.1 Å². The van der Waals surface area contributed by atoms with E-state index in [9.17, 15) is 9.50 Å². The van der Waals surface area contributed by atoms with Crippen LogP contribution in [-0.4, -0.2) is 5.11 Å². The summed E-state index contributed by atoms with van der Waals surface area (Å²) >= 11 is 6.16. The van der Waals surface area contributed by atoms with E-state index in [1.54, 1.807) is 25.1 Å². The standard InChI is InChI=1S/C16H16ClFO/c1-11-7-8-12(14(17)9-11)10-16(2,19)13-5-3-4-6-15(13)18/h3-9,19H,10H2,1-2H3. The average Bonchev–Trinajstić information content (AvgIpc) is 2.33. The normalized spacial score (nSPS) is 14.2. The molecule has 0 heterocycles. The smallest absolute Gasteiger partial charge is 0.129 e. The van der Waals surface area contributed by atoms with E-state index in [-0.39, 0.29) is 12.0 Å². The van der Waals surface area contributed by atoms with Crippen molar-refractivity contribution in [2.24, 2.45) is 0 Å². The van der Waals surface area contributed by atoms with E-state index in [1.165, 1.54) is 6.07 Å². The van der Waals surface area contributed by atoms with Crippen LogP contribution < -0.4 is 0 Å². The van der Waals surface area contributed by atoms with Gasteiger partial charge in [0.2, 0.25) is 0 Å². The first kappa shape index (κ1) is 14.0. The molecule has 0 bridgehead atoms. The van der Waals surface area contributed by atoms with Crippen LogP contribution in [0.1, 0.15) is 23.6 Å². The van der Waals surface area contributed by atoms with Crippen LogP contribution in [0.15, 0.2) is 42.5 Å². The van der Waals surface area contributed by atoms with Crippen LogP contribution in [0.25, 0.3) is 0 Å². The van der Waals surface area contributed by atoms with Crippen molar-refractivity contribution in [3.63, 3.8) is 0 Å². The Kier molecular flexibility index (Phi) is 3.93. The monoisotopic (exact) mass is 278 g/mol. The maximum absolute atomic E-state index is 13.8. The summed E-state index contributed by atoms with van der Waals surface area (Å²) in [7, 11) is 0. The summed E-state index contributed by atoms with van der Waals surface area (Å²) in [5.74, 6) is -0.407. The fourth-order valence-electron chi connectivity index (χ4n) is 2.16. The van der Waals surface area contributed by atoms with Gasteiger partial charge in [0.15, 0.2) is 0 Å². The second-order valence-corrected chi connectivity index (χ2v) is 5.43. The van der Waals surface area contributed by atoms with Crippen LogP contribution in [0, 0.1) is 12.7 Å². The van der Waals surface area contributed by atoms with Gasteiger partial charge in [-0.15, -0.1) is 0 Å². The first-order valence-corrected chi connectivity index (χ1v) is 6.50. The fraction of sp³-hybridized carbons (Fsp3) is 0.250. The molecule has 0 spiro atoms. The Bertz CT molecular complexity index is 593. The number of rotatable bonds is 3. The summed E-state index contributed by atoms with van der Waals surface area (Å²) < 4.78 is 13.8. The first-order chi connectivity index (χ1) is 8.90. The highest BCUT2D eigenvalue weighted by atomic mass is 35.5. The van der Waals surface area contributed by atoms with Crippen molar-refractivity contribution in [2.45, 2.75) is 25.9 Å². The molecule has 3 heteroatoms. The zero-order valence-corrected chi connectivity index (χ0v) is 11.7. The van der Waals surface area contributed by atoms with E-state index in [1.807, 2.05) is 25.1 Å². The number of hydrogen-bond acceptors (Lipinski definition) is 1. The Morgan fingerprint density at radius 3 is 2.53 bits per heavy atom. The molecule has 0 saturated heterocycles. The highest BCUT2D eigenvalue weighted by Crippen LogP contribution is 2.30. The first-order valence-electron chi connectivity index (χ1n) is 6.12. The molecule has 100 valence electrons. The molecule has 1 atom stereocenters. The summed E-state index contributed by atoms with van der Waals surface area (Å²) in [5.41, 5.74) is 0.857. The zero-order valence-electron chi connectivity index (χ0n) is 11.0. The summed E-state index contributed by atoms with van der Waals surface area (Å²) in [6.45, 7) is 3.55. The van der Waals surface area contributed by atoms with Gasteiger partial charge in [0.25, 0.3) is 0 Å². The van der Waals surface area contributed by atoms with Crippen molar-refractivity contribution in [2.75, 3.05) is 0 Å². The summed E-state index contributed by atoms with van der Waals surface area (Å²) in [4.78, 5) is 0. The van der Waals surface area contributed by atoms with Crippen LogP contribution in [0.2, 0.25) is 5.02 Å². The van der Waals surface area contributed by atoms with E-state index in [0.29, 0.717) is 5.02 Å². The van der Waals surface area contributed by atoms with Crippen LogP contribution >= 0.6 is 11.6 Å². The van der Waals surface area contributed by atoms with Gasteiger partial charge in [-0.25, -0.2) is 4.39 Å². The van der Waals surface area contributed by atoms with Gasteiger partial charge in [-0.3, -0.25) is 0 Å². The molecule has 0 amide bonds. The Labute approximate surface area is 117 Å². The Balaban J connectivity index is 2.33. The molecule has 19 heavy (non-hydrogen) atoms. The van der Waals surface area contributed by atoms with Crippen LogP contribution in [0.3, 0.4) is 0 Å². The lowest BCUT2D eigenvalue weighted by Gasteiger charge is -2.25. The minimum atomic E-state index is -1.29. The van der Waals surface area contributed by atoms with Gasteiger partial charge in [-0.2, -0.15) is 0 Å². The molecular weight excluding hydrogens is 263 g/mol. The maximum atomic E-state index is 13.8. The number of benzene rings is 2. The molecule has 0 saturated carbocycles. The molecule has 0 fully saturated rings. The van der Waals surface area contributed by atoms with Crippen LogP contribution in [-0.2, 0) is 12.0 Å². The van der Waals surface area contributed by atoms with Gasteiger partial charge in [0, 0.05) is 17.0 Å². The highest BCUT2D eigenvalue weighted by Gasteiger charge is 2.27. The summed E-state index contributed by atoms with van der Waals surface area (Å²) in [6.07, 6.45) is 0.271. The molecule has 0 aliphatic carbocycles. The van der Waals surface area contributed by atoms with E-state index >= 15 is 0 Å². The summed E-state index contributed by atoms with van der Waals surface area (Å²) in [6, 6.07) is 11.9. The highest BCUT2D eigenvalue weighted by molar-refractivity contribution is 6.31. The van der Waals surface area contributed by atoms with Gasteiger partial charge >= 0.3 is 0 Å². The minimum absolute atomic E-state index is 0.271. The van der Waals surface area contributed by atoms with Gasteiger partial charge in [-0.1, -0.05) is 41.9 Å².